The van der Waals surface area contributed by atoms with Gasteiger partial charge in [0.1, 0.15) is 11.6 Å². The van der Waals surface area contributed by atoms with Crippen LogP contribution in [0.15, 0.2) is 35.5 Å². The Morgan fingerprint density at radius 2 is 2.04 bits per heavy atom. The van der Waals surface area contributed by atoms with Crippen LogP contribution in [0.1, 0.15) is 19.8 Å². The van der Waals surface area contributed by atoms with Crippen molar-refractivity contribution in [3.63, 3.8) is 0 Å². The quantitative estimate of drug-likeness (QED) is 0.445. The molecule has 0 aromatic heterocycles. The van der Waals surface area contributed by atoms with E-state index in [1.54, 1.807) is 6.92 Å². The molecule has 6 heteroatoms. The summed E-state index contributed by atoms with van der Waals surface area (Å²) < 4.78 is 5.01. The van der Waals surface area contributed by atoms with Crippen molar-refractivity contribution in [2.24, 2.45) is 5.92 Å². The van der Waals surface area contributed by atoms with Crippen LogP contribution in [0.25, 0.3) is 0 Å². The third kappa shape index (κ3) is 3.95. The van der Waals surface area contributed by atoms with Gasteiger partial charge in [0.05, 0.1) is 12.5 Å². The summed E-state index contributed by atoms with van der Waals surface area (Å²) >= 11 is 0. The summed E-state index contributed by atoms with van der Waals surface area (Å²) in [6, 6.07) is 1.91. The normalized spacial score (nSPS) is 20.2. The second-order valence-corrected chi connectivity index (χ2v) is 5.35. The molecular formula is C17H18N2O4. The Labute approximate surface area is 134 Å². The molecule has 2 aliphatic rings. The van der Waals surface area contributed by atoms with E-state index in [0.717, 1.165) is 0 Å². The van der Waals surface area contributed by atoms with E-state index >= 15 is 0 Å². The van der Waals surface area contributed by atoms with E-state index in [1.165, 1.54) is 29.2 Å². The minimum absolute atomic E-state index is 0.0190. The van der Waals surface area contributed by atoms with Gasteiger partial charge >= 0.3 is 5.97 Å². The summed E-state index contributed by atoms with van der Waals surface area (Å²) in [6.45, 7) is 2.80. The first kappa shape index (κ1) is 16.7. The van der Waals surface area contributed by atoms with Crippen LogP contribution in [0.4, 0.5) is 0 Å². The summed E-state index contributed by atoms with van der Waals surface area (Å²) in [7, 11) is 0. The van der Waals surface area contributed by atoms with Gasteiger partial charge < -0.3 is 9.64 Å². The summed E-state index contributed by atoms with van der Waals surface area (Å²) in [5, 5.41) is 9.30. The van der Waals surface area contributed by atoms with Crippen molar-refractivity contribution in [1.82, 2.24) is 4.90 Å². The zero-order valence-corrected chi connectivity index (χ0v) is 12.9. The number of likely N-dealkylation sites (tertiary alicyclic amines) is 1. The molecule has 0 radical (unpaired) electrons. The molecule has 1 atom stereocenters. The summed E-state index contributed by atoms with van der Waals surface area (Å²) in [4.78, 5) is 37.1. The number of ketones is 1. The Morgan fingerprint density at radius 1 is 1.35 bits per heavy atom. The molecule has 1 aliphatic carbocycles. The number of amides is 1. The molecule has 1 saturated heterocycles. The van der Waals surface area contributed by atoms with Gasteiger partial charge in [-0.3, -0.25) is 14.4 Å². The maximum atomic E-state index is 12.6. The summed E-state index contributed by atoms with van der Waals surface area (Å²) in [5.74, 6) is -1.25. The first-order valence-corrected chi connectivity index (χ1v) is 7.57. The number of allylic oxidation sites excluding steroid dienone is 5. The van der Waals surface area contributed by atoms with E-state index in [9.17, 15) is 19.6 Å². The lowest BCUT2D eigenvalue weighted by atomic mass is 9.96. The largest absolute Gasteiger partial charge is 0.466 e. The zero-order valence-electron chi connectivity index (χ0n) is 12.9. The summed E-state index contributed by atoms with van der Waals surface area (Å²) in [5.41, 5.74) is 0.393. The number of carbonyl (C=O) groups is 3. The molecule has 6 nitrogen and oxygen atoms in total. The van der Waals surface area contributed by atoms with Gasteiger partial charge in [-0.05, 0) is 49.6 Å². The van der Waals surface area contributed by atoms with Crippen molar-refractivity contribution in [2.45, 2.75) is 19.8 Å². The fraction of sp³-hybridized carbons (Fsp3) is 0.412. The molecule has 1 amide bonds. The second-order valence-electron chi connectivity index (χ2n) is 5.35. The van der Waals surface area contributed by atoms with E-state index in [0.29, 0.717) is 31.6 Å². The Balaban J connectivity index is 2.15. The number of hydrogen-bond acceptors (Lipinski definition) is 5. The molecular weight excluding hydrogens is 296 g/mol. The molecule has 0 N–H and O–H groups in total. The molecule has 0 aromatic carbocycles. The van der Waals surface area contributed by atoms with Crippen LogP contribution in [0.3, 0.4) is 0 Å². The topological polar surface area (TPSA) is 87.5 Å². The minimum atomic E-state index is -0.417. The van der Waals surface area contributed by atoms with Gasteiger partial charge in [-0.25, -0.2) is 0 Å². The van der Waals surface area contributed by atoms with Crippen LogP contribution in [0.2, 0.25) is 0 Å². The Kier molecular flexibility index (Phi) is 5.47. The fourth-order valence-corrected chi connectivity index (χ4v) is 2.63. The lowest BCUT2D eigenvalue weighted by Gasteiger charge is -2.31. The average molecular weight is 314 g/mol. The molecule has 0 unspecified atom stereocenters. The minimum Gasteiger partial charge on any atom is -0.466 e. The van der Waals surface area contributed by atoms with E-state index in [-0.39, 0.29) is 29.8 Å². The molecule has 0 spiro atoms. The fourth-order valence-electron chi connectivity index (χ4n) is 2.63. The van der Waals surface area contributed by atoms with Crippen molar-refractivity contribution in [3.05, 3.63) is 35.5 Å². The number of nitriles is 1. The van der Waals surface area contributed by atoms with E-state index in [2.05, 4.69) is 0 Å². The SMILES string of the molecule is CCOC(=O)[C@H]1CCCN(C(=O)C(C#N)=C2C=CC(=O)C=C2)C1. The predicted octanol–water partition coefficient (Wildman–Crippen LogP) is 1.30. The zero-order chi connectivity index (χ0) is 16.8. The van der Waals surface area contributed by atoms with Gasteiger partial charge in [-0.15, -0.1) is 0 Å². The average Bonchev–Trinajstić information content (AvgIpc) is 2.57. The van der Waals surface area contributed by atoms with Crippen LogP contribution in [-0.4, -0.2) is 42.3 Å². The molecule has 1 aliphatic heterocycles. The highest BCUT2D eigenvalue weighted by atomic mass is 16.5. The van der Waals surface area contributed by atoms with Crippen molar-refractivity contribution in [1.29, 1.82) is 5.26 Å². The van der Waals surface area contributed by atoms with Crippen molar-refractivity contribution in [3.8, 4) is 6.07 Å². The molecule has 0 bridgehead atoms. The smallest absolute Gasteiger partial charge is 0.310 e. The molecule has 0 aromatic rings. The second kappa shape index (κ2) is 7.54. The van der Waals surface area contributed by atoms with E-state index in [4.69, 9.17) is 4.74 Å². The number of esters is 1. The Morgan fingerprint density at radius 3 is 2.65 bits per heavy atom. The van der Waals surface area contributed by atoms with Crippen LogP contribution in [0.5, 0.6) is 0 Å². The number of ether oxygens (including phenoxy) is 1. The maximum absolute atomic E-state index is 12.6. The van der Waals surface area contributed by atoms with Crippen LogP contribution in [-0.2, 0) is 19.1 Å². The molecule has 1 fully saturated rings. The summed E-state index contributed by atoms with van der Waals surface area (Å²) in [6.07, 6.45) is 6.93. The van der Waals surface area contributed by atoms with Crippen LogP contribution < -0.4 is 0 Å². The standard InChI is InChI=1S/C17H18N2O4/c1-2-23-17(22)13-4-3-9-19(11-13)16(21)15(10-18)12-5-7-14(20)8-6-12/h5-8,13H,2-4,9,11H2,1H3/t13-/m0/s1. The van der Waals surface area contributed by atoms with Crippen molar-refractivity contribution >= 4 is 17.7 Å². The number of carbonyl (C=O) groups excluding carboxylic acids is 3. The highest BCUT2D eigenvalue weighted by molar-refractivity contribution is 6.04. The number of hydrogen-bond donors (Lipinski definition) is 0. The molecule has 120 valence electrons. The van der Waals surface area contributed by atoms with Crippen molar-refractivity contribution in [2.75, 3.05) is 19.7 Å². The molecule has 1 heterocycles. The first-order valence-electron chi connectivity index (χ1n) is 7.57. The number of rotatable bonds is 3. The van der Waals surface area contributed by atoms with E-state index < -0.39 is 5.91 Å². The van der Waals surface area contributed by atoms with Gasteiger partial charge in [-0.1, -0.05) is 0 Å². The lowest BCUT2D eigenvalue weighted by Crippen LogP contribution is -2.43. The maximum Gasteiger partial charge on any atom is 0.310 e. The predicted molar refractivity (Wildman–Crippen MR) is 81.9 cm³/mol. The lowest BCUT2D eigenvalue weighted by molar-refractivity contribution is -0.150. The highest BCUT2D eigenvalue weighted by Gasteiger charge is 2.31. The van der Waals surface area contributed by atoms with Gasteiger partial charge in [0.15, 0.2) is 5.78 Å². The van der Waals surface area contributed by atoms with Gasteiger partial charge in [0.25, 0.3) is 5.91 Å². The Hall–Kier alpha value is -2.68. The first-order chi connectivity index (χ1) is 11.1. The van der Waals surface area contributed by atoms with Gasteiger partial charge in [0, 0.05) is 13.1 Å². The van der Waals surface area contributed by atoms with Gasteiger partial charge in [-0.2, -0.15) is 5.26 Å². The third-order valence-electron chi connectivity index (χ3n) is 3.80. The molecule has 2 rings (SSSR count). The van der Waals surface area contributed by atoms with Gasteiger partial charge in [0.2, 0.25) is 0 Å². The number of nitrogens with zero attached hydrogens (tertiary/aromatic N) is 2. The number of piperidine rings is 1. The van der Waals surface area contributed by atoms with Crippen LogP contribution in [0, 0.1) is 17.2 Å². The van der Waals surface area contributed by atoms with Crippen LogP contribution >= 0.6 is 0 Å². The Bertz CT molecular complexity index is 634. The molecule has 0 saturated carbocycles. The molecule has 23 heavy (non-hydrogen) atoms. The highest BCUT2D eigenvalue weighted by Crippen LogP contribution is 2.21. The van der Waals surface area contributed by atoms with Crippen molar-refractivity contribution < 1.29 is 19.1 Å². The third-order valence-corrected chi connectivity index (χ3v) is 3.80. The van der Waals surface area contributed by atoms with E-state index in [1.807, 2.05) is 6.07 Å². The monoisotopic (exact) mass is 314 g/mol.